The van der Waals surface area contributed by atoms with Gasteiger partial charge in [0.05, 0.1) is 21.9 Å². The summed E-state index contributed by atoms with van der Waals surface area (Å²) in [5.74, 6) is -1.30. The van der Waals surface area contributed by atoms with Crippen molar-refractivity contribution in [1.29, 1.82) is 0 Å². The summed E-state index contributed by atoms with van der Waals surface area (Å²) in [5.41, 5.74) is 1.83. The molecule has 2 aromatic rings. The van der Waals surface area contributed by atoms with Crippen molar-refractivity contribution in [1.82, 2.24) is 0 Å². The van der Waals surface area contributed by atoms with E-state index in [-0.39, 0.29) is 5.69 Å². The van der Waals surface area contributed by atoms with Crippen LogP contribution in [0.3, 0.4) is 0 Å². The second kappa shape index (κ2) is 4.52. The van der Waals surface area contributed by atoms with Crippen LogP contribution in [-0.4, -0.2) is 16.6 Å². The highest BCUT2D eigenvalue weighted by Gasteiger charge is 2.37. The molecule has 6 heteroatoms. The number of carbonyl (C=O) groups excluding carboxylic acids is 2. The maximum absolute atomic E-state index is 12.2. The SMILES string of the molecule is Cc1ccc2c(c1)C(=O)C(=O)N2c1cccc([N+](=O)[O-])c1. The number of anilines is 2. The monoisotopic (exact) mass is 282 g/mol. The lowest BCUT2D eigenvalue weighted by atomic mass is 10.1. The van der Waals surface area contributed by atoms with Gasteiger partial charge in [-0.15, -0.1) is 0 Å². The number of hydrogen-bond donors (Lipinski definition) is 0. The van der Waals surface area contributed by atoms with Crippen LogP contribution < -0.4 is 4.90 Å². The Morgan fingerprint density at radius 2 is 1.86 bits per heavy atom. The van der Waals surface area contributed by atoms with Crippen LogP contribution >= 0.6 is 0 Å². The van der Waals surface area contributed by atoms with Crippen molar-refractivity contribution in [3.63, 3.8) is 0 Å². The minimum atomic E-state index is -0.698. The Morgan fingerprint density at radius 3 is 2.57 bits per heavy atom. The van der Waals surface area contributed by atoms with Crippen LogP contribution in [0.4, 0.5) is 17.1 Å². The molecule has 0 radical (unpaired) electrons. The van der Waals surface area contributed by atoms with Crippen LogP contribution in [0.2, 0.25) is 0 Å². The van der Waals surface area contributed by atoms with Gasteiger partial charge < -0.3 is 0 Å². The zero-order valence-electron chi connectivity index (χ0n) is 11.1. The summed E-state index contributed by atoms with van der Waals surface area (Å²) in [4.78, 5) is 35.7. The van der Waals surface area contributed by atoms with Gasteiger partial charge in [0.1, 0.15) is 0 Å². The lowest BCUT2D eigenvalue weighted by molar-refractivity contribution is -0.384. The van der Waals surface area contributed by atoms with Crippen molar-refractivity contribution < 1.29 is 14.5 Å². The van der Waals surface area contributed by atoms with E-state index in [1.807, 2.05) is 6.92 Å². The van der Waals surface area contributed by atoms with Crippen LogP contribution in [-0.2, 0) is 4.79 Å². The third kappa shape index (κ3) is 1.97. The molecule has 0 N–H and O–H groups in total. The summed E-state index contributed by atoms with van der Waals surface area (Å²) in [5, 5.41) is 10.8. The highest BCUT2D eigenvalue weighted by molar-refractivity contribution is 6.53. The van der Waals surface area contributed by atoms with Gasteiger partial charge in [-0.1, -0.05) is 17.7 Å². The van der Waals surface area contributed by atoms with Crippen LogP contribution in [0, 0.1) is 17.0 Å². The van der Waals surface area contributed by atoms with E-state index >= 15 is 0 Å². The number of nitro benzene ring substituents is 1. The van der Waals surface area contributed by atoms with Crippen molar-refractivity contribution in [2.45, 2.75) is 6.92 Å². The molecule has 6 nitrogen and oxygen atoms in total. The Labute approximate surface area is 119 Å². The van der Waals surface area contributed by atoms with Crippen molar-refractivity contribution in [2.75, 3.05) is 4.90 Å². The minimum absolute atomic E-state index is 0.131. The molecule has 0 fully saturated rings. The number of nitrogens with zero attached hydrogens (tertiary/aromatic N) is 2. The first-order chi connectivity index (χ1) is 9.99. The number of rotatable bonds is 2. The molecular formula is C15H10N2O4. The molecule has 1 aliphatic heterocycles. The number of ketones is 1. The highest BCUT2D eigenvalue weighted by Crippen LogP contribution is 2.36. The van der Waals surface area contributed by atoms with Crippen LogP contribution in [0.15, 0.2) is 42.5 Å². The first-order valence-corrected chi connectivity index (χ1v) is 6.23. The maximum Gasteiger partial charge on any atom is 0.304 e. The average molecular weight is 282 g/mol. The third-order valence-corrected chi connectivity index (χ3v) is 3.33. The predicted octanol–water partition coefficient (Wildman–Crippen LogP) is 2.76. The van der Waals surface area contributed by atoms with E-state index in [1.54, 1.807) is 24.3 Å². The van der Waals surface area contributed by atoms with Crippen LogP contribution in [0.1, 0.15) is 15.9 Å². The number of benzene rings is 2. The fourth-order valence-electron chi connectivity index (χ4n) is 2.35. The number of hydrogen-bond acceptors (Lipinski definition) is 4. The van der Waals surface area contributed by atoms with Gasteiger partial charge in [0.15, 0.2) is 0 Å². The lowest BCUT2D eigenvalue weighted by Crippen LogP contribution is -2.24. The molecule has 1 heterocycles. The fraction of sp³-hybridized carbons (Fsp3) is 0.0667. The molecule has 0 saturated heterocycles. The van der Waals surface area contributed by atoms with Gasteiger partial charge in [-0.3, -0.25) is 24.6 Å². The molecule has 0 aliphatic carbocycles. The van der Waals surface area contributed by atoms with Gasteiger partial charge in [-0.05, 0) is 25.1 Å². The molecule has 0 unspecified atom stereocenters. The van der Waals surface area contributed by atoms with Gasteiger partial charge in [-0.2, -0.15) is 0 Å². The summed E-state index contributed by atoms with van der Waals surface area (Å²) in [6.07, 6.45) is 0. The average Bonchev–Trinajstić information content (AvgIpc) is 2.71. The van der Waals surface area contributed by atoms with Crippen LogP contribution in [0.5, 0.6) is 0 Å². The van der Waals surface area contributed by atoms with Gasteiger partial charge in [0.2, 0.25) is 0 Å². The Bertz CT molecular complexity index is 798. The molecule has 0 saturated carbocycles. The number of non-ortho nitro benzene ring substituents is 1. The van der Waals surface area contributed by atoms with Crippen molar-refractivity contribution in [2.24, 2.45) is 0 Å². The molecule has 2 aromatic carbocycles. The molecule has 1 amide bonds. The van der Waals surface area contributed by atoms with E-state index in [2.05, 4.69) is 0 Å². The number of aryl methyl sites for hydroxylation is 1. The molecule has 0 atom stereocenters. The molecule has 3 rings (SSSR count). The largest absolute Gasteiger partial charge is 0.304 e. The predicted molar refractivity (Wildman–Crippen MR) is 75.8 cm³/mol. The third-order valence-electron chi connectivity index (χ3n) is 3.33. The standard InChI is InChI=1S/C15H10N2O4/c1-9-5-6-13-12(7-9)14(18)15(19)16(13)10-3-2-4-11(8-10)17(20)21/h2-8H,1H3. The fourth-order valence-corrected chi connectivity index (χ4v) is 2.35. The second-order valence-corrected chi connectivity index (χ2v) is 4.77. The minimum Gasteiger partial charge on any atom is -0.283 e. The number of fused-ring (bicyclic) bond motifs is 1. The summed E-state index contributed by atoms with van der Waals surface area (Å²) in [6.45, 7) is 1.83. The Morgan fingerprint density at radius 1 is 1.10 bits per heavy atom. The number of Topliss-reactive ketones (excluding diaryl/α,β-unsaturated/α-hetero) is 1. The van der Waals surface area contributed by atoms with E-state index in [4.69, 9.17) is 0 Å². The first kappa shape index (κ1) is 13.0. The number of nitro groups is 1. The van der Waals surface area contributed by atoms with E-state index in [0.29, 0.717) is 16.9 Å². The van der Waals surface area contributed by atoms with E-state index in [1.165, 1.54) is 23.1 Å². The molecule has 0 aromatic heterocycles. The highest BCUT2D eigenvalue weighted by atomic mass is 16.6. The zero-order chi connectivity index (χ0) is 15.1. The van der Waals surface area contributed by atoms with E-state index in [0.717, 1.165) is 5.56 Å². The smallest absolute Gasteiger partial charge is 0.283 e. The molecule has 104 valence electrons. The van der Waals surface area contributed by atoms with Crippen LogP contribution in [0.25, 0.3) is 0 Å². The van der Waals surface area contributed by atoms with Crippen molar-refractivity contribution in [3.05, 3.63) is 63.7 Å². The summed E-state index contributed by atoms with van der Waals surface area (Å²) in [7, 11) is 0. The Kier molecular flexibility index (Phi) is 2.79. The van der Waals surface area contributed by atoms with E-state index < -0.39 is 16.6 Å². The molecule has 1 aliphatic rings. The first-order valence-electron chi connectivity index (χ1n) is 6.23. The van der Waals surface area contributed by atoms with Gasteiger partial charge in [-0.25, -0.2) is 0 Å². The summed E-state index contributed by atoms with van der Waals surface area (Å²) < 4.78 is 0. The lowest BCUT2D eigenvalue weighted by Gasteiger charge is -2.16. The summed E-state index contributed by atoms with van der Waals surface area (Å²) >= 11 is 0. The van der Waals surface area contributed by atoms with Gasteiger partial charge in [0, 0.05) is 12.1 Å². The van der Waals surface area contributed by atoms with Crippen molar-refractivity contribution in [3.8, 4) is 0 Å². The Hall–Kier alpha value is -3.02. The molecule has 0 spiro atoms. The molecule has 21 heavy (non-hydrogen) atoms. The van der Waals surface area contributed by atoms with Gasteiger partial charge >= 0.3 is 5.91 Å². The molecular weight excluding hydrogens is 272 g/mol. The Balaban J connectivity index is 2.16. The topological polar surface area (TPSA) is 80.5 Å². The summed E-state index contributed by atoms with van der Waals surface area (Å²) in [6, 6.07) is 10.8. The zero-order valence-corrected chi connectivity index (χ0v) is 11.1. The number of carbonyl (C=O) groups is 2. The second-order valence-electron chi connectivity index (χ2n) is 4.77. The van der Waals surface area contributed by atoms with Crippen molar-refractivity contribution >= 4 is 28.8 Å². The van der Waals surface area contributed by atoms with E-state index in [9.17, 15) is 19.7 Å². The van der Waals surface area contributed by atoms with Gasteiger partial charge in [0.25, 0.3) is 11.5 Å². The normalized spacial score (nSPS) is 13.5. The number of amides is 1. The molecule has 0 bridgehead atoms. The maximum atomic E-state index is 12.2. The quantitative estimate of drug-likeness (QED) is 0.482.